The van der Waals surface area contributed by atoms with Gasteiger partial charge in [0, 0.05) is 11.6 Å². The highest BCUT2D eigenvalue weighted by atomic mass is 35.5. The summed E-state index contributed by atoms with van der Waals surface area (Å²) in [7, 11) is 0. The molecule has 0 spiro atoms. The van der Waals surface area contributed by atoms with E-state index in [0.29, 0.717) is 11.2 Å². The fourth-order valence-electron chi connectivity index (χ4n) is 2.36. The Hall–Kier alpha value is -2.99. The molecule has 3 aromatic rings. The van der Waals surface area contributed by atoms with Crippen molar-refractivity contribution in [2.75, 3.05) is 11.9 Å². The van der Waals surface area contributed by atoms with Crippen LogP contribution in [0.2, 0.25) is 5.02 Å². The van der Waals surface area contributed by atoms with Gasteiger partial charge in [-0.2, -0.15) is 0 Å². The number of carbonyl (C=O) groups excluding carboxylic acids is 2. The smallest absolute Gasteiger partial charge is 0.256 e. The molecule has 2 aromatic carbocycles. The lowest BCUT2D eigenvalue weighted by Crippen LogP contribution is -2.33. The summed E-state index contributed by atoms with van der Waals surface area (Å²) >= 11 is 5.83. The molecule has 1 aromatic heterocycles. The van der Waals surface area contributed by atoms with Gasteiger partial charge in [-0.15, -0.1) is 0 Å². The highest BCUT2D eigenvalue weighted by molar-refractivity contribution is 6.33. The molecule has 0 atom stereocenters. The van der Waals surface area contributed by atoms with E-state index in [1.165, 1.54) is 12.1 Å². The first-order chi connectivity index (χ1) is 12.1. The minimum Gasteiger partial charge on any atom is -0.343 e. The number of hydrogen-bond acceptors (Lipinski definition) is 3. The maximum atomic E-state index is 13.7. The first-order valence-electron chi connectivity index (χ1n) is 7.42. The number of nitrogens with one attached hydrogen (secondary N) is 2. The fraction of sp³-hybridized carbons (Fsp3) is 0.0556. The van der Waals surface area contributed by atoms with Crippen LogP contribution < -0.4 is 10.6 Å². The van der Waals surface area contributed by atoms with E-state index in [9.17, 15) is 14.0 Å². The normalized spacial score (nSPS) is 10.5. The van der Waals surface area contributed by atoms with Gasteiger partial charge in [0.2, 0.25) is 5.91 Å². The van der Waals surface area contributed by atoms with Crippen LogP contribution in [0.5, 0.6) is 0 Å². The van der Waals surface area contributed by atoms with E-state index in [1.54, 1.807) is 24.4 Å². The van der Waals surface area contributed by atoms with E-state index < -0.39 is 17.6 Å². The van der Waals surface area contributed by atoms with Crippen LogP contribution in [0.3, 0.4) is 0 Å². The maximum absolute atomic E-state index is 13.7. The van der Waals surface area contributed by atoms with E-state index >= 15 is 0 Å². The summed E-state index contributed by atoms with van der Waals surface area (Å²) < 4.78 is 13.7. The van der Waals surface area contributed by atoms with Crippen molar-refractivity contribution in [1.29, 1.82) is 0 Å². The monoisotopic (exact) mass is 357 g/mol. The molecule has 0 fully saturated rings. The Bertz CT molecular complexity index is 936. The molecule has 7 heteroatoms. The average molecular weight is 358 g/mol. The van der Waals surface area contributed by atoms with Crippen molar-refractivity contribution in [2.45, 2.75) is 0 Å². The van der Waals surface area contributed by atoms with Crippen molar-refractivity contribution in [1.82, 2.24) is 10.3 Å². The number of para-hydroxylation sites is 1. The number of nitrogens with zero attached hydrogens (tertiary/aromatic N) is 1. The number of anilines is 1. The van der Waals surface area contributed by atoms with Crippen LogP contribution in [0.25, 0.3) is 10.9 Å². The second-order valence-corrected chi connectivity index (χ2v) is 5.62. The number of benzene rings is 2. The van der Waals surface area contributed by atoms with E-state index in [1.807, 2.05) is 12.1 Å². The molecule has 2 amide bonds. The van der Waals surface area contributed by atoms with Gasteiger partial charge < -0.3 is 10.6 Å². The Labute approximate surface area is 147 Å². The molecular weight excluding hydrogens is 345 g/mol. The Kier molecular flexibility index (Phi) is 4.90. The molecule has 0 aliphatic rings. The van der Waals surface area contributed by atoms with Gasteiger partial charge in [-0.3, -0.25) is 14.6 Å². The van der Waals surface area contributed by atoms with Crippen LogP contribution in [0.15, 0.2) is 54.7 Å². The predicted molar refractivity (Wildman–Crippen MR) is 94.1 cm³/mol. The lowest BCUT2D eigenvalue weighted by Gasteiger charge is -2.10. The van der Waals surface area contributed by atoms with Crippen molar-refractivity contribution in [3.63, 3.8) is 0 Å². The third kappa shape index (κ3) is 3.75. The minimum atomic E-state index is -0.755. The van der Waals surface area contributed by atoms with Crippen LogP contribution in [0.1, 0.15) is 10.4 Å². The van der Waals surface area contributed by atoms with E-state index in [2.05, 4.69) is 15.6 Å². The summed E-state index contributed by atoms with van der Waals surface area (Å²) in [6.45, 7) is -0.327. The largest absolute Gasteiger partial charge is 0.343 e. The Morgan fingerprint density at radius 3 is 2.64 bits per heavy atom. The molecule has 0 radical (unpaired) electrons. The zero-order chi connectivity index (χ0) is 17.8. The summed E-state index contributed by atoms with van der Waals surface area (Å²) in [4.78, 5) is 28.3. The summed E-state index contributed by atoms with van der Waals surface area (Å²) in [5, 5.41) is 5.89. The van der Waals surface area contributed by atoms with E-state index in [-0.39, 0.29) is 17.1 Å². The fourth-order valence-corrected chi connectivity index (χ4v) is 2.61. The summed E-state index contributed by atoms with van der Waals surface area (Å²) in [5.74, 6) is -1.96. The second-order valence-electron chi connectivity index (χ2n) is 5.21. The van der Waals surface area contributed by atoms with E-state index in [0.717, 1.165) is 11.5 Å². The molecule has 2 N–H and O–H groups in total. The molecule has 3 rings (SSSR count). The standard InChI is InChI=1S/C18H13ClFN3O2/c19-12-6-2-7-13(20)16(12)18(25)22-10-15(24)23-14-8-1-4-11-5-3-9-21-17(11)14/h1-9H,10H2,(H,22,25)(H,23,24). The van der Waals surface area contributed by atoms with Crippen LogP contribution in [0.4, 0.5) is 10.1 Å². The van der Waals surface area contributed by atoms with Gasteiger partial charge in [0.1, 0.15) is 5.82 Å². The van der Waals surface area contributed by atoms with Crippen LogP contribution >= 0.6 is 11.6 Å². The van der Waals surface area contributed by atoms with Crippen LogP contribution in [-0.2, 0) is 4.79 Å². The third-order valence-corrected chi connectivity index (χ3v) is 3.82. The Morgan fingerprint density at radius 2 is 1.84 bits per heavy atom. The van der Waals surface area contributed by atoms with Gasteiger partial charge in [-0.1, -0.05) is 35.9 Å². The third-order valence-electron chi connectivity index (χ3n) is 3.51. The van der Waals surface area contributed by atoms with Crippen molar-refractivity contribution >= 4 is 40.0 Å². The van der Waals surface area contributed by atoms with Crippen molar-refractivity contribution in [3.8, 4) is 0 Å². The molecule has 0 aliphatic carbocycles. The molecule has 126 valence electrons. The zero-order valence-corrected chi connectivity index (χ0v) is 13.7. The zero-order valence-electron chi connectivity index (χ0n) is 12.9. The maximum Gasteiger partial charge on any atom is 0.256 e. The molecule has 0 aliphatic heterocycles. The number of amides is 2. The number of pyridine rings is 1. The van der Waals surface area contributed by atoms with Crippen molar-refractivity contribution in [2.24, 2.45) is 0 Å². The second kappa shape index (κ2) is 7.27. The number of aromatic nitrogens is 1. The number of fused-ring (bicyclic) bond motifs is 1. The molecule has 0 saturated heterocycles. The first kappa shape index (κ1) is 16.9. The lowest BCUT2D eigenvalue weighted by molar-refractivity contribution is -0.115. The quantitative estimate of drug-likeness (QED) is 0.751. The SMILES string of the molecule is O=C(CNC(=O)c1c(F)cccc1Cl)Nc1cccc2cccnc12. The predicted octanol–water partition coefficient (Wildman–Crippen LogP) is 3.40. The van der Waals surface area contributed by atoms with Gasteiger partial charge in [0.05, 0.1) is 28.3 Å². The van der Waals surface area contributed by atoms with Crippen LogP contribution in [-0.4, -0.2) is 23.3 Å². The number of hydrogen-bond donors (Lipinski definition) is 2. The Morgan fingerprint density at radius 1 is 1.08 bits per heavy atom. The lowest BCUT2D eigenvalue weighted by atomic mass is 10.2. The minimum absolute atomic E-state index is 0.0174. The molecule has 5 nitrogen and oxygen atoms in total. The average Bonchev–Trinajstić information content (AvgIpc) is 2.60. The molecule has 0 saturated carbocycles. The van der Waals surface area contributed by atoms with Crippen molar-refractivity contribution in [3.05, 3.63) is 71.1 Å². The summed E-state index contributed by atoms with van der Waals surface area (Å²) in [5.41, 5.74) is 0.881. The molecule has 1 heterocycles. The molecule has 25 heavy (non-hydrogen) atoms. The topological polar surface area (TPSA) is 71.1 Å². The van der Waals surface area contributed by atoms with Crippen LogP contribution in [0, 0.1) is 5.82 Å². The van der Waals surface area contributed by atoms with Gasteiger partial charge in [0.25, 0.3) is 5.91 Å². The first-order valence-corrected chi connectivity index (χ1v) is 7.80. The van der Waals surface area contributed by atoms with Gasteiger partial charge >= 0.3 is 0 Å². The molecular formula is C18H13ClFN3O2. The summed E-state index contributed by atoms with van der Waals surface area (Å²) in [6.07, 6.45) is 1.62. The number of rotatable bonds is 4. The number of carbonyl (C=O) groups is 2. The molecule has 0 unspecified atom stereocenters. The van der Waals surface area contributed by atoms with Gasteiger partial charge in [-0.05, 0) is 24.3 Å². The number of halogens is 2. The van der Waals surface area contributed by atoms with Gasteiger partial charge in [0.15, 0.2) is 0 Å². The summed E-state index contributed by atoms with van der Waals surface area (Å²) in [6, 6.07) is 13.0. The van der Waals surface area contributed by atoms with Gasteiger partial charge in [-0.25, -0.2) is 4.39 Å². The highest BCUT2D eigenvalue weighted by Crippen LogP contribution is 2.21. The molecule has 0 bridgehead atoms. The Balaban J connectivity index is 1.68. The van der Waals surface area contributed by atoms with E-state index in [4.69, 9.17) is 11.6 Å². The highest BCUT2D eigenvalue weighted by Gasteiger charge is 2.16. The van der Waals surface area contributed by atoms with Crippen molar-refractivity contribution < 1.29 is 14.0 Å².